The molecule has 0 aliphatic heterocycles. The first kappa shape index (κ1) is 9.22. The van der Waals surface area contributed by atoms with Crippen LogP contribution in [0.3, 0.4) is 0 Å². The Kier molecular flexibility index (Phi) is 40.4. The summed E-state index contributed by atoms with van der Waals surface area (Å²) in [6.07, 6.45) is 0. The van der Waals surface area contributed by atoms with Crippen molar-refractivity contribution in [2.75, 3.05) is 0 Å². The van der Waals surface area contributed by atoms with E-state index in [9.17, 15) is 0 Å². The molecule has 0 radical (unpaired) electrons. The lowest BCUT2D eigenvalue weighted by molar-refractivity contribution is 4.67. The van der Waals surface area contributed by atoms with Gasteiger partial charge in [-0.15, -0.1) is 0 Å². The SMILES string of the molecule is P=S.S=C=S. The molecule has 28 valence electrons. The van der Waals surface area contributed by atoms with Crippen molar-refractivity contribution in [3.05, 3.63) is 0 Å². The summed E-state index contributed by atoms with van der Waals surface area (Å²) < 4.78 is 1.92. The lowest BCUT2D eigenvalue weighted by Crippen LogP contribution is -0.917. The highest BCUT2D eigenvalue weighted by atomic mass is 32.4. The second kappa shape index (κ2) is 21.9. The first-order valence-electron chi connectivity index (χ1n) is 0.612. The molecule has 0 aromatic carbocycles. The van der Waals surface area contributed by atoms with E-state index in [1.807, 2.05) is 4.31 Å². The minimum absolute atomic E-state index is 1.92. The van der Waals surface area contributed by atoms with Crippen LogP contribution in [0.5, 0.6) is 0 Å². The molecule has 0 aliphatic rings. The number of hydrogen-bond donors (Lipinski definition) is 0. The standard InChI is InChI=1S/CS2.HPS/c2-1-3;1-2/h;1H. The monoisotopic (exact) mass is 140 g/mol. The van der Waals surface area contributed by atoms with Crippen molar-refractivity contribution in [1.82, 2.24) is 0 Å². The first-order valence-corrected chi connectivity index (χ1v) is 3.06. The molecule has 0 N–H and O–H groups in total. The minimum atomic E-state index is 1.92. The maximum atomic E-state index is 3.96. The summed E-state index contributed by atoms with van der Waals surface area (Å²) in [6, 6.07) is 0. The van der Waals surface area contributed by atoms with Gasteiger partial charge in [-0.3, -0.25) is 0 Å². The maximum absolute atomic E-state index is 3.96. The highest BCUT2D eigenvalue weighted by Gasteiger charge is 1.01. The molecule has 0 rings (SSSR count). The molecule has 0 aromatic heterocycles. The number of rotatable bonds is 0. The van der Waals surface area contributed by atoms with Crippen LogP contribution in [-0.2, 0) is 11.8 Å². The van der Waals surface area contributed by atoms with Crippen LogP contribution in [0.2, 0.25) is 0 Å². The fourth-order valence-electron chi connectivity index (χ4n) is 0. The van der Waals surface area contributed by atoms with Crippen molar-refractivity contribution >= 4 is 48.6 Å². The third-order valence-corrected chi connectivity index (χ3v) is 0. The Morgan fingerprint density at radius 2 is 1.20 bits per heavy atom. The van der Waals surface area contributed by atoms with E-state index in [1.165, 1.54) is 0 Å². The molecular formula is CHPS3. The Morgan fingerprint density at radius 1 is 1.20 bits per heavy atom. The highest BCUT2D eigenvalue weighted by molar-refractivity contribution is 7.93. The van der Waals surface area contributed by atoms with E-state index in [0.717, 1.165) is 0 Å². The Morgan fingerprint density at radius 3 is 1.20 bits per heavy atom. The van der Waals surface area contributed by atoms with Gasteiger partial charge in [-0.2, -0.15) is 0 Å². The summed E-state index contributed by atoms with van der Waals surface area (Å²) in [4.78, 5) is 0. The molecule has 0 unspecified atom stereocenters. The topological polar surface area (TPSA) is 0 Å². The molecule has 0 fully saturated rings. The minimum Gasteiger partial charge on any atom is -0.0615 e. The van der Waals surface area contributed by atoms with Crippen LogP contribution in [0.25, 0.3) is 0 Å². The fraction of sp³-hybridized carbons (Fsp3) is 0. The quantitative estimate of drug-likeness (QED) is 0.370. The van der Waals surface area contributed by atoms with Crippen molar-refractivity contribution in [2.24, 2.45) is 0 Å². The van der Waals surface area contributed by atoms with Crippen LogP contribution in [0.4, 0.5) is 0 Å². The summed E-state index contributed by atoms with van der Waals surface area (Å²) in [5.74, 6) is 0. The van der Waals surface area contributed by atoms with E-state index in [4.69, 9.17) is 0 Å². The van der Waals surface area contributed by atoms with Crippen molar-refractivity contribution in [3.8, 4) is 0 Å². The first-order chi connectivity index (χ1) is 2.41. The lowest BCUT2D eigenvalue weighted by atomic mass is 12.0. The third-order valence-electron chi connectivity index (χ3n) is 0. The van der Waals surface area contributed by atoms with Gasteiger partial charge >= 0.3 is 0 Å². The number of thiocarbonyl (C=S) groups is 2. The Balaban J connectivity index is 0. The van der Waals surface area contributed by atoms with Crippen molar-refractivity contribution in [1.29, 1.82) is 0 Å². The van der Waals surface area contributed by atoms with E-state index in [1.54, 1.807) is 0 Å². The van der Waals surface area contributed by atoms with Crippen LogP contribution in [0.1, 0.15) is 0 Å². The summed E-state index contributed by atoms with van der Waals surface area (Å²) >= 11 is 11.8. The molecular weight excluding hydrogens is 139 g/mol. The van der Waals surface area contributed by atoms with Gasteiger partial charge in [0.1, 0.15) is 0 Å². The molecule has 0 nitrogen and oxygen atoms in total. The predicted octanol–water partition coefficient (Wildman–Crippen LogP) is 1.61. The molecule has 0 atom stereocenters. The van der Waals surface area contributed by atoms with Gasteiger partial charge in [0.2, 0.25) is 0 Å². The van der Waals surface area contributed by atoms with Gasteiger partial charge in [0.05, 0.1) is 0 Å². The molecule has 0 saturated heterocycles. The van der Waals surface area contributed by atoms with Gasteiger partial charge in [0, 0.05) is 4.31 Å². The Labute approximate surface area is 48.8 Å². The average Bonchev–Trinajstić information content (AvgIpc) is 1.46. The van der Waals surface area contributed by atoms with Gasteiger partial charge in [0.15, 0.2) is 0 Å². The normalized spacial score (nSPS) is 2.40. The Bertz CT molecular complexity index is 36.2. The van der Waals surface area contributed by atoms with Gasteiger partial charge in [-0.25, -0.2) is 0 Å². The lowest BCUT2D eigenvalue weighted by Gasteiger charge is -0.992. The molecule has 4 heteroatoms. The van der Waals surface area contributed by atoms with Crippen LogP contribution in [0, 0.1) is 0 Å². The molecule has 0 aromatic rings. The van der Waals surface area contributed by atoms with Crippen molar-refractivity contribution in [2.45, 2.75) is 0 Å². The van der Waals surface area contributed by atoms with E-state index >= 15 is 0 Å². The van der Waals surface area contributed by atoms with Crippen molar-refractivity contribution < 1.29 is 0 Å². The summed E-state index contributed by atoms with van der Waals surface area (Å²) in [5, 5.41) is 0. The van der Waals surface area contributed by atoms with Crippen LogP contribution >= 0.6 is 32.5 Å². The maximum Gasteiger partial charge on any atom is 0.0297 e. The zero-order chi connectivity index (χ0) is 4.71. The van der Waals surface area contributed by atoms with E-state index in [0.29, 0.717) is 0 Å². The van der Waals surface area contributed by atoms with Crippen LogP contribution in [-0.4, -0.2) is 4.31 Å². The van der Waals surface area contributed by atoms with Crippen LogP contribution < -0.4 is 0 Å². The number of hydrogen-bond acceptors (Lipinski definition) is 3. The second-order valence-electron chi connectivity index (χ2n) is 0.0833. The van der Waals surface area contributed by atoms with E-state index < -0.39 is 0 Å². The van der Waals surface area contributed by atoms with E-state index in [-0.39, 0.29) is 0 Å². The summed E-state index contributed by atoms with van der Waals surface area (Å²) in [6.45, 7) is 0. The zero-order valence-electron chi connectivity index (χ0n) is 2.22. The summed E-state index contributed by atoms with van der Waals surface area (Å²) in [7, 11) is 2.56. The van der Waals surface area contributed by atoms with Crippen molar-refractivity contribution in [3.63, 3.8) is 0 Å². The van der Waals surface area contributed by atoms with Gasteiger partial charge < -0.3 is 0 Å². The third kappa shape index (κ3) is 65.0. The molecule has 0 aliphatic carbocycles. The molecule has 0 heterocycles. The smallest absolute Gasteiger partial charge is 0.0297 e. The highest BCUT2D eigenvalue weighted by Crippen LogP contribution is 1.29. The fourth-order valence-corrected chi connectivity index (χ4v) is 0. The van der Waals surface area contributed by atoms with Gasteiger partial charge in [-0.1, -0.05) is 11.8 Å². The van der Waals surface area contributed by atoms with Gasteiger partial charge in [0.25, 0.3) is 0 Å². The average molecular weight is 140 g/mol. The molecule has 5 heavy (non-hydrogen) atoms. The largest absolute Gasteiger partial charge is 0.0615 e. The predicted molar refractivity (Wildman–Crippen MR) is 35.9 cm³/mol. The van der Waals surface area contributed by atoms with Crippen LogP contribution in [0.15, 0.2) is 0 Å². The molecule has 0 bridgehead atoms. The summed E-state index contributed by atoms with van der Waals surface area (Å²) in [5.41, 5.74) is 0. The molecule has 0 spiro atoms. The van der Waals surface area contributed by atoms with E-state index in [2.05, 4.69) is 44.3 Å². The molecule has 0 saturated carbocycles. The van der Waals surface area contributed by atoms with Gasteiger partial charge in [-0.05, 0) is 32.5 Å². The molecule has 0 amide bonds. The zero-order valence-corrected chi connectivity index (χ0v) is 5.67. The second-order valence-corrected chi connectivity index (χ2v) is 0.750. The Hall–Kier alpha value is 0.740.